The van der Waals surface area contributed by atoms with Crippen molar-refractivity contribution in [1.29, 1.82) is 0 Å². The van der Waals surface area contributed by atoms with Crippen LogP contribution in [0.15, 0.2) is 18.2 Å². The lowest BCUT2D eigenvalue weighted by molar-refractivity contribution is 0.0944. The third kappa shape index (κ3) is 3.89. The number of nitrogens with one attached hydrogen (secondary N) is 2. The fourth-order valence-corrected chi connectivity index (χ4v) is 1.40. The Balaban J connectivity index is 2.77. The maximum absolute atomic E-state index is 11.6. The topological polar surface area (TPSA) is 41.1 Å². The van der Waals surface area contributed by atoms with Crippen LogP contribution in [0.2, 0.25) is 0 Å². The van der Waals surface area contributed by atoms with E-state index in [1.54, 1.807) is 0 Å². The van der Waals surface area contributed by atoms with Gasteiger partial charge in [-0.2, -0.15) is 0 Å². The summed E-state index contributed by atoms with van der Waals surface area (Å²) in [6.45, 7) is 3.89. The van der Waals surface area contributed by atoms with E-state index in [0.29, 0.717) is 5.56 Å². The van der Waals surface area contributed by atoms with E-state index in [9.17, 15) is 4.79 Å². The van der Waals surface area contributed by atoms with Gasteiger partial charge in [-0.3, -0.25) is 15.6 Å². The molecule has 0 aliphatic carbocycles. The predicted molar refractivity (Wildman–Crippen MR) is 68.1 cm³/mol. The molecule has 1 aromatic rings. The number of hydrogen-bond donors (Lipinski definition) is 3. The molecule has 0 aliphatic rings. The number of rotatable bonds is 1. The maximum Gasteiger partial charge on any atom is 0.269 e. The molecule has 0 heterocycles. The summed E-state index contributed by atoms with van der Waals surface area (Å²) in [5, 5.41) is 0. The molecule has 0 saturated heterocycles. The highest BCUT2D eigenvalue weighted by molar-refractivity contribution is 8.11. The molecule has 1 rings (SSSR count). The molecule has 0 unspecified atom stereocenters. The molecule has 3 nitrogen and oxygen atoms in total. The Bertz CT molecular complexity index is 384. The van der Waals surface area contributed by atoms with Crippen LogP contribution < -0.4 is 10.9 Å². The summed E-state index contributed by atoms with van der Waals surface area (Å²) in [6.07, 6.45) is 0. The van der Waals surface area contributed by atoms with E-state index in [4.69, 9.17) is 0 Å². The summed E-state index contributed by atoms with van der Waals surface area (Å²) < 4.78 is 0.229. The summed E-state index contributed by atoms with van der Waals surface area (Å²) in [5.74, 6) is -0.224. The number of thiol groups is 1. The lowest BCUT2D eigenvalue weighted by Gasteiger charge is -2.07. The van der Waals surface area contributed by atoms with E-state index in [-0.39, 0.29) is 10.2 Å². The van der Waals surface area contributed by atoms with Gasteiger partial charge in [-0.25, -0.2) is 0 Å². The van der Waals surface area contributed by atoms with Crippen LogP contribution in [0.5, 0.6) is 0 Å². The van der Waals surface area contributed by atoms with Gasteiger partial charge in [-0.05, 0) is 26.0 Å². The van der Waals surface area contributed by atoms with E-state index in [1.165, 1.54) is 0 Å². The van der Waals surface area contributed by atoms with Gasteiger partial charge in [0.05, 0.1) is 0 Å². The van der Waals surface area contributed by atoms with Crippen molar-refractivity contribution < 1.29 is 4.79 Å². The molecule has 0 aliphatic heterocycles. The maximum atomic E-state index is 11.6. The first-order valence-corrected chi connectivity index (χ1v) is 5.22. The molecule has 0 atom stereocenters. The molecular formula is C10H12N2OS2. The lowest BCUT2D eigenvalue weighted by Crippen LogP contribution is -2.38. The normalized spacial score (nSPS) is 9.53. The quantitative estimate of drug-likeness (QED) is 0.398. The number of amides is 1. The van der Waals surface area contributed by atoms with Crippen LogP contribution in [0.1, 0.15) is 21.5 Å². The van der Waals surface area contributed by atoms with Crippen LogP contribution in [-0.2, 0) is 0 Å². The van der Waals surface area contributed by atoms with Gasteiger partial charge in [0.2, 0.25) is 0 Å². The molecular weight excluding hydrogens is 228 g/mol. The van der Waals surface area contributed by atoms with Gasteiger partial charge in [0.15, 0.2) is 0 Å². The van der Waals surface area contributed by atoms with E-state index in [2.05, 4.69) is 35.7 Å². The highest BCUT2D eigenvalue weighted by Crippen LogP contribution is 2.08. The Morgan fingerprint density at radius 3 is 2.20 bits per heavy atom. The molecule has 15 heavy (non-hydrogen) atoms. The molecule has 0 fully saturated rings. The van der Waals surface area contributed by atoms with E-state index >= 15 is 0 Å². The molecule has 0 aromatic heterocycles. The lowest BCUT2D eigenvalue weighted by atomic mass is 10.1. The minimum absolute atomic E-state index is 0.224. The zero-order valence-corrected chi connectivity index (χ0v) is 10.2. The molecule has 0 spiro atoms. The van der Waals surface area contributed by atoms with E-state index in [0.717, 1.165) is 11.1 Å². The molecule has 1 aromatic carbocycles. The second kappa shape index (κ2) is 5.14. The van der Waals surface area contributed by atoms with Gasteiger partial charge in [-0.1, -0.05) is 29.4 Å². The Labute approximate surface area is 99.6 Å². The summed E-state index contributed by atoms with van der Waals surface area (Å²) >= 11 is 8.49. The molecule has 0 radical (unpaired) electrons. The second-order valence-electron chi connectivity index (χ2n) is 3.26. The fourth-order valence-electron chi connectivity index (χ4n) is 1.29. The molecule has 5 heteroatoms. The zero-order chi connectivity index (χ0) is 11.4. The van der Waals surface area contributed by atoms with E-state index in [1.807, 2.05) is 32.0 Å². The van der Waals surface area contributed by atoms with Gasteiger partial charge in [0, 0.05) is 5.56 Å². The average molecular weight is 240 g/mol. The number of hydrogen-bond acceptors (Lipinski definition) is 2. The standard InChI is InChI=1S/C10H12N2OS2/c1-6-3-7(2)5-8(4-6)9(13)11-12-10(14)15/h3-5H,1-2H3,(H,11,13)(H2,12,14,15). The third-order valence-electron chi connectivity index (χ3n) is 1.77. The van der Waals surface area contributed by atoms with Crippen molar-refractivity contribution in [2.24, 2.45) is 0 Å². The first-order valence-electron chi connectivity index (χ1n) is 4.36. The van der Waals surface area contributed by atoms with Gasteiger partial charge in [0.1, 0.15) is 4.32 Å². The van der Waals surface area contributed by atoms with Crippen molar-refractivity contribution in [3.05, 3.63) is 34.9 Å². The molecule has 0 saturated carbocycles. The minimum Gasteiger partial charge on any atom is -0.283 e. The molecule has 2 N–H and O–H groups in total. The molecule has 0 bridgehead atoms. The highest BCUT2D eigenvalue weighted by atomic mass is 32.1. The van der Waals surface area contributed by atoms with Crippen molar-refractivity contribution in [3.8, 4) is 0 Å². The first-order chi connectivity index (χ1) is 6.99. The Morgan fingerprint density at radius 1 is 1.20 bits per heavy atom. The smallest absolute Gasteiger partial charge is 0.269 e. The monoisotopic (exact) mass is 240 g/mol. The number of hydrazine groups is 1. The van der Waals surface area contributed by atoms with Gasteiger partial charge in [-0.15, -0.1) is 12.6 Å². The van der Waals surface area contributed by atoms with Crippen LogP contribution >= 0.6 is 24.8 Å². The van der Waals surface area contributed by atoms with Crippen molar-refractivity contribution in [3.63, 3.8) is 0 Å². The molecule has 80 valence electrons. The van der Waals surface area contributed by atoms with Crippen molar-refractivity contribution in [1.82, 2.24) is 10.9 Å². The predicted octanol–water partition coefficient (Wildman–Crippen LogP) is 1.75. The first kappa shape index (κ1) is 12.0. The number of benzene rings is 1. The number of thiocarbonyl (C=S) groups is 1. The summed E-state index contributed by atoms with van der Waals surface area (Å²) in [6, 6.07) is 5.63. The fraction of sp³-hybridized carbons (Fsp3) is 0.200. The van der Waals surface area contributed by atoms with Crippen LogP contribution in [-0.4, -0.2) is 10.2 Å². The van der Waals surface area contributed by atoms with Gasteiger partial charge in [0.25, 0.3) is 5.91 Å². The van der Waals surface area contributed by atoms with Gasteiger partial charge < -0.3 is 0 Å². The van der Waals surface area contributed by atoms with Gasteiger partial charge >= 0.3 is 0 Å². The average Bonchev–Trinajstić information content (AvgIpc) is 2.12. The largest absolute Gasteiger partial charge is 0.283 e. The Morgan fingerprint density at radius 2 is 1.73 bits per heavy atom. The van der Waals surface area contributed by atoms with Crippen LogP contribution in [0.3, 0.4) is 0 Å². The number of carbonyl (C=O) groups excluding carboxylic acids is 1. The van der Waals surface area contributed by atoms with Crippen molar-refractivity contribution in [2.45, 2.75) is 13.8 Å². The SMILES string of the molecule is Cc1cc(C)cc(C(=O)NNC(=S)S)c1. The van der Waals surface area contributed by atoms with Crippen LogP contribution in [0, 0.1) is 13.8 Å². The highest BCUT2D eigenvalue weighted by Gasteiger charge is 2.05. The van der Waals surface area contributed by atoms with E-state index < -0.39 is 0 Å². The molecule has 1 amide bonds. The number of carbonyl (C=O) groups is 1. The Kier molecular flexibility index (Phi) is 4.11. The summed E-state index contributed by atoms with van der Waals surface area (Å²) in [5.41, 5.74) is 7.63. The van der Waals surface area contributed by atoms with Crippen molar-refractivity contribution in [2.75, 3.05) is 0 Å². The minimum atomic E-state index is -0.224. The summed E-state index contributed by atoms with van der Waals surface area (Å²) in [7, 11) is 0. The Hall–Kier alpha value is -1.07. The zero-order valence-electron chi connectivity index (χ0n) is 8.50. The second-order valence-corrected chi connectivity index (χ2v) is 4.42. The summed E-state index contributed by atoms with van der Waals surface area (Å²) in [4.78, 5) is 11.6. The number of aryl methyl sites for hydroxylation is 2. The van der Waals surface area contributed by atoms with Crippen molar-refractivity contribution >= 4 is 35.1 Å². The third-order valence-corrected chi connectivity index (χ3v) is 1.98. The van der Waals surface area contributed by atoms with Crippen LogP contribution in [0.25, 0.3) is 0 Å². The van der Waals surface area contributed by atoms with Crippen LogP contribution in [0.4, 0.5) is 0 Å².